The maximum atomic E-state index is 4.65. The highest BCUT2D eigenvalue weighted by Crippen LogP contribution is 2.17. The van der Waals surface area contributed by atoms with Crippen LogP contribution >= 0.6 is 0 Å². The summed E-state index contributed by atoms with van der Waals surface area (Å²) in [5, 5.41) is 0. The van der Waals surface area contributed by atoms with Gasteiger partial charge in [-0.1, -0.05) is 83.1 Å². The van der Waals surface area contributed by atoms with Crippen molar-refractivity contribution in [3.8, 4) is 0 Å². The Hall–Kier alpha value is -0.850. The van der Waals surface area contributed by atoms with Crippen molar-refractivity contribution in [2.45, 2.75) is 103 Å². The van der Waals surface area contributed by atoms with Crippen LogP contribution in [0.15, 0.2) is 18.3 Å². The molecule has 124 valence electrons. The van der Waals surface area contributed by atoms with Crippen LogP contribution in [0.2, 0.25) is 0 Å². The highest BCUT2D eigenvalue weighted by molar-refractivity contribution is 5.20. The Morgan fingerprint density at radius 2 is 1.00 bits per heavy atom. The van der Waals surface area contributed by atoms with Gasteiger partial charge in [0.1, 0.15) is 0 Å². The van der Waals surface area contributed by atoms with Gasteiger partial charge in [0.2, 0.25) is 0 Å². The molecule has 1 aliphatic rings. The summed E-state index contributed by atoms with van der Waals surface area (Å²) < 4.78 is 0. The maximum absolute atomic E-state index is 4.65. The van der Waals surface area contributed by atoms with Crippen LogP contribution in [0.25, 0.3) is 0 Å². The second kappa shape index (κ2) is 11.7. The Balaban J connectivity index is 1.79. The summed E-state index contributed by atoms with van der Waals surface area (Å²) in [6.45, 7) is 0. The van der Waals surface area contributed by atoms with Crippen molar-refractivity contribution in [3.63, 3.8) is 0 Å². The summed E-state index contributed by atoms with van der Waals surface area (Å²) in [6.07, 6.45) is 24.4. The largest absolute Gasteiger partial charge is 0.261 e. The van der Waals surface area contributed by atoms with Crippen LogP contribution in [-0.2, 0) is 12.8 Å². The third-order valence-electron chi connectivity index (χ3n) is 5.09. The second-order valence-corrected chi connectivity index (χ2v) is 7.06. The van der Waals surface area contributed by atoms with E-state index in [1.165, 1.54) is 114 Å². The predicted molar refractivity (Wildman–Crippen MR) is 96.3 cm³/mol. The van der Waals surface area contributed by atoms with Crippen LogP contribution < -0.4 is 0 Å². The third kappa shape index (κ3) is 7.42. The van der Waals surface area contributed by atoms with Gasteiger partial charge in [0.15, 0.2) is 0 Å². The van der Waals surface area contributed by atoms with Gasteiger partial charge in [-0.2, -0.15) is 0 Å². The van der Waals surface area contributed by atoms with Crippen molar-refractivity contribution >= 4 is 0 Å². The van der Waals surface area contributed by atoms with E-state index in [-0.39, 0.29) is 0 Å². The molecular weight excluding hydrogens is 266 g/mol. The molecule has 1 aliphatic carbocycles. The van der Waals surface area contributed by atoms with E-state index in [1.807, 2.05) is 6.20 Å². The van der Waals surface area contributed by atoms with Crippen molar-refractivity contribution in [3.05, 3.63) is 29.6 Å². The molecule has 0 saturated carbocycles. The lowest BCUT2D eigenvalue weighted by molar-refractivity contribution is 0.530. The van der Waals surface area contributed by atoms with Crippen molar-refractivity contribution in [1.82, 2.24) is 4.98 Å². The predicted octanol–water partition coefficient (Wildman–Crippen LogP) is 6.64. The third-order valence-corrected chi connectivity index (χ3v) is 5.09. The summed E-state index contributed by atoms with van der Waals surface area (Å²) >= 11 is 0. The fourth-order valence-corrected chi connectivity index (χ4v) is 3.65. The van der Waals surface area contributed by atoms with E-state index in [0.717, 1.165) is 0 Å². The molecule has 0 N–H and O–H groups in total. The summed E-state index contributed by atoms with van der Waals surface area (Å²) in [7, 11) is 0. The normalized spacial score (nSPS) is 20.5. The Labute approximate surface area is 137 Å². The number of nitrogens with zero attached hydrogens (tertiary/aromatic N) is 1. The smallest absolute Gasteiger partial charge is 0.0435 e. The van der Waals surface area contributed by atoms with Gasteiger partial charge in [0, 0.05) is 11.9 Å². The lowest BCUT2D eigenvalue weighted by Crippen LogP contribution is -1.98. The van der Waals surface area contributed by atoms with E-state index in [0.29, 0.717) is 0 Å². The van der Waals surface area contributed by atoms with Gasteiger partial charge in [-0.3, -0.25) is 4.98 Å². The molecule has 1 aromatic heterocycles. The minimum Gasteiger partial charge on any atom is -0.261 e. The van der Waals surface area contributed by atoms with E-state index in [9.17, 15) is 0 Å². The van der Waals surface area contributed by atoms with Gasteiger partial charge in [0.05, 0.1) is 0 Å². The van der Waals surface area contributed by atoms with Gasteiger partial charge < -0.3 is 0 Å². The zero-order valence-electron chi connectivity index (χ0n) is 14.5. The first kappa shape index (κ1) is 17.5. The Bertz CT molecular complexity index is 348. The molecule has 1 heteroatoms. The van der Waals surface area contributed by atoms with Crippen molar-refractivity contribution in [2.75, 3.05) is 0 Å². The molecule has 2 rings (SSSR count). The van der Waals surface area contributed by atoms with E-state index in [1.54, 1.807) is 0 Å². The Kier molecular flexibility index (Phi) is 9.29. The lowest BCUT2D eigenvalue weighted by Gasteiger charge is -2.09. The summed E-state index contributed by atoms with van der Waals surface area (Å²) in [4.78, 5) is 4.65. The standard InChI is InChI=1S/C21H35N/c1-2-4-6-8-10-12-14-18-21-20(17-15-19-22-21)16-13-11-9-7-5-3-1/h15,17,19H,1-14,16,18H2. The number of hydrogen-bond donors (Lipinski definition) is 0. The molecule has 0 bridgehead atoms. The average molecular weight is 302 g/mol. The number of fused-ring (bicyclic) bond motifs is 1. The zero-order valence-corrected chi connectivity index (χ0v) is 14.5. The maximum Gasteiger partial charge on any atom is 0.0435 e. The summed E-state index contributed by atoms with van der Waals surface area (Å²) in [5.74, 6) is 0. The van der Waals surface area contributed by atoms with E-state index < -0.39 is 0 Å². The highest BCUT2D eigenvalue weighted by Gasteiger charge is 2.04. The first-order valence-electron chi connectivity index (χ1n) is 9.89. The van der Waals surface area contributed by atoms with Crippen molar-refractivity contribution in [2.24, 2.45) is 0 Å². The van der Waals surface area contributed by atoms with Gasteiger partial charge in [-0.15, -0.1) is 0 Å². The Morgan fingerprint density at radius 3 is 1.55 bits per heavy atom. The molecular formula is C21H35N. The molecule has 0 unspecified atom stereocenters. The van der Waals surface area contributed by atoms with Crippen LogP contribution in [0, 0.1) is 0 Å². The fraction of sp³-hybridized carbons (Fsp3) is 0.762. The molecule has 1 heterocycles. The van der Waals surface area contributed by atoms with Crippen LogP contribution in [0.1, 0.15) is 101 Å². The van der Waals surface area contributed by atoms with E-state index in [2.05, 4.69) is 17.1 Å². The fourth-order valence-electron chi connectivity index (χ4n) is 3.65. The van der Waals surface area contributed by atoms with Crippen LogP contribution in [0.5, 0.6) is 0 Å². The molecule has 0 fully saturated rings. The lowest BCUT2D eigenvalue weighted by atomic mass is 9.99. The van der Waals surface area contributed by atoms with Crippen LogP contribution in [0.3, 0.4) is 0 Å². The average Bonchev–Trinajstić information content (AvgIpc) is 2.55. The van der Waals surface area contributed by atoms with E-state index in [4.69, 9.17) is 0 Å². The number of hydrogen-bond acceptors (Lipinski definition) is 1. The second-order valence-electron chi connectivity index (χ2n) is 7.06. The number of rotatable bonds is 0. The van der Waals surface area contributed by atoms with Gasteiger partial charge >= 0.3 is 0 Å². The molecule has 1 nitrogen and oxygen atoms in total. The van der Waals surface area contributed by atoms with E-state index >= 15 is 0 Å². The van der Waals surface area contributed by atoms with Crippen LogP contribution in [-0.4, -0.2) is 4.98 Å². The molecule has 0 aromatic carbocycles. The molecule has 0 saturated heterocycles. The van der Waals surface area contributed by atoms with Crippen molar-refractivity contribution in [1.29, 1.82) is 0 Å². The van der Waals surface area contributed by atoms with Gasteiger partial charge in [-0.25, -0.2) is 0 Å². The molecule has 1 aromatic rings. The molecule has 22 heavy (non-hydrogen) atoms. The Morgan fingerprint density at radius 1 is 0.545 bits per heavy atom. The number of aromatic nitrogens is 1. The first-order chi connectivity index (χ1) is 11.0. The quantitative estimate of drug-likeness (QED) is 0.523. The highest BCUT2D eigenvalue weighted by atomic mass is 14.7. The molecule has 0 atom stereocenters. The number of aryl methyl sites for hydroxylation is 2. The van der Waals surface area contributed by atoms with Gasteiger partial charge in [0.25, 0.3) is 0 Å². The van der Waals surface area contributed by atoms with Crippen LogP contribution in [0.4, 0.5) is 0 Å². The minimum atomic E-state index is 1.19. The first-order valence-corrected chi connectivity index (χ1v) is 9.89. The van der Waals surface area contributed by atoms with Crippen molar-refractivity contribution < 1.29 is 0 Å². The molecule has 0 spiro atoms. The monoisotopic (exact) mass is 301 g/mol. The molecule has 0 radical (unpaired) electrons. The summed E-state index contributed by atoms with van der Waals surface area (Å²) in [5.41, 5.74) is 2.90. The molecule has 0 aliphatic heterocycles. The van der Waals surface area contributed by atoms with Gasteiger partial charge in [-0.05, 0) is 37.3 Å². The topological polar surface area (TPSA) is 12.9 Å². The SMILES string of the molecule is c1cnc2c(c1)CCCCCCCCCCCCCCCC2. The zero-order chi connectivity index (χ0) is 15.3. The minimum absolute atomic E-state index is 1.19. The number of pyridine rings is 1. The molecule has 0 amide bonds. The summed E-state index contributed by atoms with van der Waals surface area (Å²) in [6, 6.07) is 4.42.